The van der Waals surface area contributed by atoms with Crippen LogP contribution in [-0.2, 0) is 0 Å². The smallest absolute Gasteiger partial charge is 0.0338 e. The molecule has 0 saturated heterocycles. The molecule has 0 spiro atoms. The van der Waals surface area contributed by atoms with E-state index in [2.05, 4.69) is 11.1 Å². The van der Waals surface area contributed by atoms with Crippen LogP contribution < -0.4 is 5.73 Å². The monoisotopic (exact) mass is 240 g/mol. The van der Waals surface area contributed by atoms with Gasteiger partial charge in [0.1, 0.15) is 0 Å². The fourth-order valence-electron chi connectivity index (χ4n) is 2.52. The predicted molar refractivity (Wildman–Crippen MR) is 69.6 cm³/mol. The molecule has 1 aliphatic rings. The van der Waals surface area contributed by atoms with Crippen LogP contribution in [0, 0.1) is 5.92 Å². The summed E-state index contributed by atoms with van der Waals surface area (Å²) in [6.07, 6.45) is 11.8. The van der Waals surface area contributed by atoms with Gasteiger partial charge in [-0.05, 0) is 30.4 Å². The van der Waals surface area contributed by atoms with Crippen molar-refractivity contribution in [3.63, 3.8) is 0 Å². The molecule has 1 aliphatic carbocycles. The van der Waals surface area contributed by atoms with Gasteiger partial charge in [-0.15, -0.1) is 12.4 Å². The molecule has 3 heteroatoms. The maximum absolute atomic E-state index is 6.30. The molecule has 2 nitrogen and oxygen atoms in total. The van der Waals surface area contributed by atoms with Crippen LogP contribution in [0.1, 0.15) is 50.1 Å². The third kappa shape index (κ3) is 3.46. The summed E-state index contributed by atoms with van der Waals surface area (Å²) in [5.74, 6) is 0.664. The number of nitrogens with two attached hydrogens (primary N) is 1. The molecule has 1 aromatic heterocycles. The first-order chi connectivity index (χ1) is 7.38. The van der Waals surface area contributed by atoms with Gasteiger partial charge in [-0.25, -0.2) is 0 Å². The Morgan fingerprint density at radius 3 is 2.44 bits per heavy atom. The van der Waals surface area contributed by atoms with Gasteiger partial charge in [0, 0.05) is 18.4 Å². The highest BCUT2D eigenvalue weighted by Gasteiger charge is 2.20. The van der Waals surface area contributed by atoms with Gasteiger partial charge in [0.25, 0.3) is 0 Å². The van der Waals surface area contributed by atoms with E-state index in [1.165, 1.54) is 44.1 Å². The molecule has 1 saturated carbocycles. The van der Waals surface area contributed by atoms with Crippen molar-refractivity contribution in [2.24, 2.45) is 11.7 Å². The standard InChI is InChI=1S/C13H20N2.ClH/c14-13(12-8-5-9-15-10-12)11-6-3-1-2-4-7-11;/h5,8-11,13H,1-4,6-7,14H2;1H. The lowest BCUT2D eigenvalue weighted by molar-refractivity contribution is 0.382. The molecule has 1 unspecified atom stereocenters. The highest BCUT2D eigenvalue weighted by Crippen LogP contribution is 2.31. The predicted octanol–water partition coefficient (Wildman–Crippen LogP) is 3.47. The first kappa shape index (κ1) is 13.5. The summed E-state index contributed by atoms with van der Waals surface area (Å²) in [6.45, 7) is 0. The Labute approximate surface area is 104 Å². The normalized spacial score (nSPS) is 19.6. The van der Waals surface area contributed by atoms with Crippen molar-refractivity contribution in [1.82, 2.24) is 4.98 Å². The van der Waals surface area contributed by atoms with E-state index < -0.39 is 0 Å². The van der Waals surface area contributed by atoms with Crippen molar-refractivity contribution in [3.8, 4) is 0 Å². The molecule has 0 bridgehead atoms. The van der Waals surface area contributed by atoms with E-state index in [0.717, 1.165) is 0 Å². The van der Waals surface area contributed by atoms with Gasteiger partial charge in [-0.3, -0.25) is 4.98 Å². The van der Waals surface area contributed by atoms with E-state index in [0.29, 0.717) is 5.92 Å². The van der Waals surface area contributed by atoms with Crippen molar-refractivity contribution in [1.29, 1.82) is 0 Å². The number of hydrogen-bond donors (Lipinski definition) is 1. The van der Waals surface area contributed by atoms with Crippen LogP contribution >= 0.6 is 12.4 Å². The average molecular weight is 241 g/mol. The maximum atomic E-state index is 6.30. The molecule has 0 aliphatic heterocycles. The Kier molecular flexibility index (Phi) is 5.78. The van der Waals surface area contributed by atoms with Crippen LogP contribution in [0.25, 0.3) is 0 Å². The fourth-order valence-corrected chi connectivity index (χ4v) is 2.52. The van der Waals surface area contributed by atoms with E-state index in [9.17, 15) is 0 Å². The van der Waals surface area contributed by atoms with Gasteiger partial charge in [0.2, 0.25) is 0 Å². The quantitative estimate of drug-likeness (QED) is 0.804. The highest BCUT2D eigenvalue weighted by atomic mass is 35.5. The van der Waals surface area contributed by atoms with Crippen molar-refractivity contribution < 1.29 is 0 Å². The first-order valence-corrected chi connectivity index (χ1v) is 6.03. The Balaban J connectivity index is 0.00000128. The van der Waals surface area contributed by atoms with Crippen molar-refractivity contribution in [2.45, 2.75) is 44.6 Å². The molecule has 1 heterocycles. The topological polar surface area (TPSA) is 38.9 Å². The molecule has 90 valence electrons. The highest BCUT2D eigenvalue weighted by molar-refractivity contribution is 5.85. The number of pyridine rings is 1. The summed E-state index contributed by atoms with van der Waals surface area (Å²) < 4.78 is 0. The van der Waals surface area contributed by atoms with Gasteiger partial charge in [0.05, 0.1) is 0 Å². The van der Waals surface area contributed by atoms with Crippen molar-refractivity contribution >= 4 is 12.4 Å². The minimum Gasteiger partial charge on any atom is -0.324 e. The molecule has 16 heavy (non-hydrogen) atoms. The summed E-state index contributed by atoms with van der Waals surface area (Å²) in [5, 5.41) is 0. The van der Waals surface area contributed by atoms with Crippen LogP contribution in [0.15, 0.2) is 24.5 Å². The molecular formula is C13H21ClN2. The fraction of sp³-hybridized carbons (Fsp3) is 0.615. The Morgan fingerprint density at radius 1 is 1.19 bits per heavy atom. The zero-order valence-corrected chi connectivity index (χ0v) is 10.5. The first-order valence-electron chi connectivity index (χ1n) is 6.03. The lowest BCUT2D eigenvalue weighted by Crippen LogP contribution is -2.21. The molecule has 0 amide bonds. The third-order valence-corrected chi connectivity index (χ3v) is 3.48. The molecule has 1 aromatic rings. The summed E-state index contributed by atoms with van der Waals surface area (Å²) in [4.78, 5) is 4.14. The van der Waals surface area contributed by atoms with Crippen LogP contribution in [0.3, 0.4) is 0 Å². The minimum atomic E-state index is 0. The largest absolute Gasteiger partial charge is 0.324 e. The average Bonchev–Trinajstić information content (AvgIpc) is 2.58. The van der Waals surface area contributed by atoms with Crippen LogP contribution in [0.2, 0.25) is 0 Å². The van der Waals surface area contributed by atoms with Gasteiger partial charge in [-0.2, -0.15) is 0 Å². The van der Waals surface area contributed by atoms with Crippen LogP contribution in [0.5, 0.6) is 0 Å². The molecule has 0 aromatic carbocycles. The number of rotatable bonds is 2. The van der Waals surface area contributed by atoms with Crippen LogP contribution in [0.4, 0.5) is 0 Å². The second-order valence-electron chi connectivity index (χ2n) is 4.56. The van der Waals surface area contributed by atoms with E-state index in [-0.39, 0.29) is 18.4 Å². The number of aromatic nitrogens is 1. The van der Waals surface area contributed by atoms with E-state index in [1.807, 2.05) is 18.5 Å². The number of hydrogen-bond acceptors (Lipinski definition) is 2. The third-order valence-electron chi connectivity index (χ3n) is 3.48. The second-order valence-corrected chi connectivity index (χ2v) is 4.56. The Bertz CT molecular complexity index is 281. The molecule has 0 radical (unpaired) electrons. The van der Waals surface area contributed by atoms with E-state index in [4.69, 9.17) is 5.73 Å². The number of nitrogens with zero attached hydrogens (tertiary/aromatic N) is 1. The SMILES string of the molecule is Cl.NC(c1cccnc1)C1CCCCCC1. The number of halogens is 1. The van der Waals surface area contributed by atoms with Crippen molar-refractivity contribution in [2.75, 3.05) is 0 Å². The van der Waals surface area contributed by atoms with Crippen LogP contribution in [-0.4, -0.2) is 4.98 Å². The molecule has 1 atom stereocenters. The minimum absolute atomic E-state index is 0. The Hall–Kier alpha value is -0.600. The summed E-state index contributed by atoms with van der Waals surface area (Å²) in [6, 6.07) is 4.27. The summed E-state index contributed by atoms with van der Waals surface area (Å²) in [5.41, 5.74) is 7.50. The summed E-state index contributed by atoms with van der Waals surface area (Å²) in [7, 11) is 0. The lowest BCUT2D eigenvalue weighted by atomic mass is 9.88. The maximum Gasteiger partial charge on any atom is 0.0338 e. The lowest BCUT2D eigenvalue weighted by Gasteiger charge is -2.22. The van der Waals surface area contributed by atoms with Gasteiger partial charge in [0.15, 0.2) is 0 Å². The molecule has 2 rings (SSSR count). The summed E-state index contributed by atoms with van der Waals surface area (Å²) >= 11 is 0. The van der Waals surface area contributed by atoms with E-state index in [1.54, 1.807) is 0 Å². The van der Waals surface area contributed by atoms with E-state index >= 15 is 0 Å². The second kappa shape index (κ2) is 6.87. The van der Waals surface area contributed by atoms with Gasteiger partial charge >= 0.3 is 0 Å². The molecular weight excluding hydrogens is 220 g/mol. The van der Waals surface area contributed by atoms with Gasteiger partial charge < -0.3 is 5.73 Å². The zero-order valence-electron chi connectivity index (χ0n) is 9.64. The van der Waals surface area contributed by atoms with Gasteiger partial charge in [-0.1, -0.05) is 31.7 Å². The van der Waals surface area contributed by atoms with Crippen molar-refractivity contribution in [3.05, 3.63) is 30.1 Å². The molecule has 1 fully saturated rings. The Morgan fingerprint density at radius 2 is 1.88 bits per heavy atom. The molecule has 2 N–H and O–H groups in total. The zero-order chi connectivity index (χ0) is 10.5.